The minimum atomic E-state index is -3.79. The summed E-state index contributed by atoms with van der Waals surface area (Å²) in [7, 11) is -2.18. The highest BCUT2D eigenvalue weighted by Crippen LogP contribution is 2.45. The number of hydrogen-bond donors (Lipinski definition) is 3. The maximum Gasteiger partial charge on any atom is 0.259 e. The molecule has 3 N–H and O–H groups in total. The standard InChI is InChI=1S/C30H39N5O6S2/c1-6-18-16-30(18,27(38)34-43(39,40)19-13-14-19)33-25(36)22-11-9-15-35(22)26(37)24(29(2,3)4)32-28-31-21(17-42-28)20-10-7-8-12-23(20)41-5/h6-8,10,12,17-19,22,24H,1,9,11,13-16H2,2-5H3,(H,31,32)(H,33,36)(H,34,38)/t18-,22+,24-,30-/m1/s1. The average Bonchev–Trinajstić information content (AvgIpc) is 3.83. The number of thiazole rings is 1. The van der Waals surface area contributed by atoms with Crippen LogP contribution in [0.25, 0.3) is 11.3 Å². The van der Waals surface area contributed by atoms with Crippen molar-refractivity contribution in [1.82, 2.24) is 19.9 Å². The quantitative estimate of drug-likeness (QED) is 0.321. The molecule has 3 amide bonds. The van der Waals surface area contributed by atoms with Gasteiger partial charge in [0.1, 0.15) is 23.4 Å². The van der Waals surface area contributed by atoms with Crippen molar-refractivity contribution >= 4 is 44.2 Å². The van der Waals surface area contributed by atoms with Gasteiger partial charge in [-0.2, -0.15) is 0 Å². The average molecular weight is 630 g/mol. The molecule has 2 aromatic rings. The van der Waals surface area contributed by atoms with E-state index in [1.807, 2.05) is 50.4 Å². The van der Waals surface area contributed by atoms with E-state index in [4.69, 9.17) is 9.72 Å². The van der Waals surface area contributed by atoms with E-state index in [0.29, 0.717) is 43.1 Å². The maximum atomic E-state index is 14.1. The SMILES string of the molecule is C=C[C@@H]1C[C@]1(NC(=O)[C@@H]1CCCN1C(=O)[C@@H](Nc1nc(-c2ccccc2OC)cs1)C(C)(C)C)C(=O)NS(=O)(=O)C1CC1. The number of benzene rings is 1. The van der Waals surface area contributed by atoms with Gasteiger partial charge in [-0.1, -0.05) is 39.0 Å². The molecule has 3 fully saturated rings. The van der Waals surface area contributed by atoms with E-state index in [9.17, 15) is 22.8 Å². The summed E-state index contributed by atoms with van der Waals surface area (Å²) >= 11 is 1.38. The van der Waals surface area contributed by atoms with Gasteiger partial charge in [-0.3, -0.25) is 19.1 Å². The van der Waals surface area contributed by atoms with Crippen LogP contribution in [0.2, 0.25) is 0 Å². The second kappa shape index (κ2) is 11.6. The number of carbonyl (C=O) groups is 3. The van der Waals surface area contributed by atoms with Gasteiger partial charge in [0, 0.05) is 23.4 Å². The molecule has 1 aromatic heterocycles. The molecule has 13 heteroatoms. The van der Waals surface area contributed by atoms with Crippen LogP contribution in [0.4, 0.5) is 5.13 Å². The molecule has 1 aromatic carbocycles. The summed E-state index contributed by atoms with van der Waals surface area (Å²) in [5.74, 6) is -1.18. The first-order chi connectivity index (χ1) is 20.3. The van der Waals surface area contributed by atoms with E-state index in [-0.39, 0.29) is 12.3 Å². The summed E-state index contributed by atoms with van der Waals surface area (Å²) < 4.78 is 32.5. The fourth-order valence-corrected chi connectivity index (χ4v) is 7.68. The third-order valence-corrected chi connectivity index (χ3v) is 10.9. The number of sulfonamides is 1. The van der Waals surface area contributed by atoms with Crippen LogP contribution in [0, 0.1) is 11.3 Å². The van der Waals surface area contributed by atoms with Crippen LogP contribution in [0.15, 0.2) is 42.3 Å². The lowest BCUT2D eigenvalue weighted by molar-refractivity contribution is -0.141. The molecule has 11 nitrogen and oxygen atoms in total. The monoisotopic (exact) mass is 629 g/mol. The van der Waals surface area contributed by atoms with Gasteiger partial charge in [0.15, 0.2) is 5.13 Å². The summed E-state index contributed by atoms with van der Waals surface area (Å²) in [6, 6.07) is 6.08. The number of anilines is 1. The molecule has 1 aliphatic heterocycles. The molecule has 2 heterocycles. The molecule has 0 bridgehead atoms. The van der Waals surface area contributed by atoms with Crippen LogP contribution >= 0.6 is 11.3 Å². The van der Waals surface area contributed by atoms with Crippen molar-refractivity contribution in [2.75, 3.05) is 19.0 Å². The Balaban J connectivity index is 1.31. The van der Waals surface area contributed by atoms with Crippen LogP contribution < -0.4 is 20.1 Å². The molecular formula is C30H39N5O6S2. The highest BCUT2D eigenvalue weighted by atomic mass is 32.2. The smallest absolute Gasteiger partial charge is 0.259 e. The van der Waals surface area contributed by atoms with Crippen molar-refractivity contribution < 1.29 is 27.5 Å². The van der Waals surface area contributed by atoms with Crippen molar-refractivity contribution in [2.24, 2.45) is 11.3 Å². The van der Waals surface area contributed by atoms with Crippen LogP contribution in [-0.2, 0) is 24.4 Å². The predicted octanol–water partition coefficient (Wildman–Crippen LogP) is 3.31. The van der Waals surface area contributed by atoms with E-state index in [2.05, 4.69) is 21.9 Å². The number of methoxy groups -OCH3 is 1. The molecule has 3 aliphatic rings. The zero-order valence-corrected chi connectivity index (χ0v) is 26.5. The first-order valence-corrected chi connectivity index (χ1v) is 16.9. The molecule has 4 atom stereocenters. The number of nitrogens with one attached hydrogen (secondary N) is 3. The Labute approximate surface area is 256 Å². The number of carbonyl (C=O) groups excluding carboxylic acids is 3. The predicted molar refractivity (Wildman–Crippen MR) is 165 cm³/mol. The Kier molecular flexibility index (Phi) is 8.34. The molecule has 0 spiro atoms. The number of amides is 3. The lowest BCUT2D eigenvalue weighted by Gasteiger charge is -2.35. The number of rotatable bonds is 11. The zero-order valence-electron chi connectivity index (χ0n) is 24.9. The maximum absolute atomic E-state index is 14.1. The second-order valence-electron chi connectivity index (χ2n) is 12.6. The number of likely N-dealkylation sites (tertiary alicyclic amines) is 1. The largest absolute Gasteiger partial charge is 0.496 e. The van der Waals surface area contributed by atoms with Gasteiger partial charge >= 0.3 is 0 Å². The summed E-state index contributed by atoms with van der Waals surface area (Å²) in [5.41, 5.74) is -0.364. The summed E-state index contributed by atoms with van der Waals surface area (Å²) in [6.45, 7) is 9.97. The van der Waals surface area contributed by atoms with E-state index < -0.39 is 56.0 Å². The van der Waals surface area contributed by atoms with Gasteiger partial charge in [-0.15, -0.1) is 17.9 Å². The van der Waals surface area contributed by atoms with Crippen molar-refractivity contribution in [3.63, 3.8) is 0 Å². The third kappa shape index (κ3) is 6.28. The molecule has 43 heavy (non-hydrogen) atoms. The van der Waals surface area contributed by atoms with Gasteiger partial charge < -0.3 is 20.3 Å². The molecule has 0 unspecified atom stereocenters. The van der Waals surface area contributed by atoms with E-state index >= 15 is 0 Å². The van der Waals surface area contributed by atoms with Gasteiger partial charge in [-0.05, 0) is 49.7 Å². The second-order valence-corrected chi connectivity index (χ2v) is 15.4. The van der Waals surface area contributed by atoms with Crippen LogP contribution in [0.3, 0.4) is 0 Å². The molecule has 0 radical (unpaired) electrons. The Morgan fingerprint density at radius 2 is 1.93 bits per heavy atom. The summed E-state index contributed by atoms with van der Waals surface area (Å²) in [6.07, 6.45) is 3.87. The van der Waals surface area contributed by atoms with Crippen molar-refractivity contribution in [3.05, 3.63) is 42.3 Å². The Hall–Kier alpha value is -3.45. The normalized spacial score (nSPS) is 24.1. The molecule has 2 saturated carbocycles. The van der Waals surface area contributed by atoms with Gasteiger partial charge in [-0.25, -0.2) is 13.4 Å². The highest BCUT2D eigenvalue weighted by molar-refractivity contribution is 7.91. The number of ether oxygens (including phenoxy) is 1. The molecule has 5 rings (SSSR count). The zero-order chi connectivity index (χ0) is 31.2. The first-order valence-electron chi connectivity index (χ1n) is 14.5. The minimum Gasteiger partial charge on any atom is -0.496 e. The molecule has 232 valence electrons. The topological polar surface area (TPSA) is 147 Å². The Morgan fingerprint density at radius 3 is 2.56 bits per heavy atom. The highest BCUT2D eigenvalue weighted by Gasteiger charge is 2.61. The van der Waals surface area contributed by atoms with Crippen LogP contribution in [-0.4, -0.2) is 72.6 Å². The fraction of sp³-hybridized carbons (Fsp3) is 0.533. The van der Waals surface area contributed by atoms with Gasteiger partial charge in [0.05, 0.1) is 18.1 Å². The number of hydrogen-bond acceptors (Lipinski definition) is 9. The molecular weight excluding hydrogens is 590 g/mol. The van der Waals surface area contributed by atoms with Crippen molar-refractivity contribution in [1.29, 1.82) is 0 Å². The summed E-state index contributed by atoms with van der Waals surface area (Å²) in [4.78, 5) is 47.1. The van der Waals surface area contributed by atoms with Gasteiger partial charge in [0.25, 0.3) is 5.91 Å². The van der Waals surface area contributed by atoms with E-state index in [0.717, 1.165) is 11.3 Å². The fourth-order valence-electron chi connectivity index (χ4n) is 5.58. The summed E-state index contributed by atoms with van der Waals surface area (Å²) in [5, 5.41) is 8.02. The minimum absolute atomic E-state index is 0.245. The van der Waals surface area contributed by atoms with E-state index in [1.54, 1.807) is 18.1 Å². The Bertz CT molecular complexity index is 1530. The van der Waals surface area contributed by atoms with Gasteiger partial charge in [0.2, 0.25) is 21.8 Å². The lowest BCUT2D eigenvalue weighted by Crippen LogP contribution is -2.58. The van der Waals surface area contributed by atoms with Crippen LogP contribution in [0.1, 0.15) is 52.9 Å². The number of aromatic nitrogens is 1. The lowest BCUT2D eigenvalue weighted by atomic mass is 9.85. The molecule has 2 aliphatic carbocycles. The number of nitrogens with zero attached hydrogens (tertiary/aromatic N) is 2. The Morgan fingerprint density at radius 1 is 1.21 bits per heavy atom. The third-order valence-electron chi connectivity index (χ3n) is 8.36. The van der Waals surface area contributed by atoms with Crippen molar-refractivity contribution in [2.45, 2.75) is 75.7 Å². The number of para-hydroxylation sites is 1. The van der Waals surface area contributed by atoms with E-state index in [1.165, 1.54) is 11.3 Å². The molecule has 1 saturated heterocycles. The van der Waals surface area contributed by atoms with Crippen molar-refractivity contribution in [3.8, 4) is 17.0 Å². The first kappa shape index (κ1) is 31.0. The van der Waals surface area contributed by atoms with Crippen LogP contribution in [0.5, 0.6) is 5.75 Å².